The van der Waals surface area contributed by atoms with Crippen molar-refractivity contribution in [1.82, 2.24) is 9.97 Å². The molecule has 0 bridgehead atoms. The van der Waals surface area contributed by atoms with E-state index in [9.17, 15) is 4.79 Å². The van der Waals surface area contributed by atoms with E-state index in [1.54, 1.807) is 0 Å². The number of nitrogens with zero attached hydrogens (tertiary/aromatic N) is 2. The predicted molar refractivity (Wildman–Crippen MR) is 43.7 cm³/mol. The van der Waals surface area contributed by atoms with Crippen molar-refractivity contribution in [3.63, 3.8) is 0 Å². The standard InChI is InChI=1S/C5H3Cl2N3O2/c6-2-1-3(7)9-4(8-2)10-5(11)12/h1H,(H,11,12)(H,8,9,10). The molecule has 1 aromatic rings. The van der Waals surface area contributed by atoms with Gasteiger partial charge >= 0.3 is 6.09 Å². The van der Waals surface area contributed by atoms with Crippen LogP contribution in [0.3, 0.4) is 0 Å². The highest BCUT2D eigenvalue weighted by Crippen LogP contribution is 2.13. The number of aromatic nitrogens is 2. The maximum atomic E-state index is 10.1. The molecular formula is C5H3Cl2N3O2. The fraction of sp³-hybridized carbons (Fsp3) is 0. The average molecular weight is 208 g/mol. The fourth-order valence-electron chi connectivity index (χ4n) is 0.542. The Hall–Kier alpha value is -1.07. The normalized spacial score (nSPS) is 9.50. The molecule has 2 N–H and O–H groups in total. The molecule has 0 aliphatic carbocycles. The summed E-state index contributed by atoms with van der Waals surface area (Å²) in [5, 5.41) is 10.3. The van der Waals surface area contributed by atoms with Crippen LogP contribution in [0.5, 0.6) is 0 Å². The van der Waals surface area contributed by atoms with Gasteiger partial charge < -0.3 is 5.11 Å². The lowest BCUT2D eigenvalue weighted by atomic mass is 10.7. The van der Waals surface area contributed by atoms with E-state index in [1.165, 1.54) is 6.07 Å². The minimum Gasteiger partial charge on any atom is -0.465 e. The van der Waals surface area contributed by atoms with E-state index < -0.39 is 6.09 Å². The lowest BCUT2D eigenvalue weighted by molar-refractivity contribution is 0.209. The molecule has 0 atom stereocenters. The SMILES string of the molecule is O=C(O)Nc1nc(Cl)cc(Cl)n1. The first-order chi connectivity index (χ1) is 5.58. The van der Waals surface area contributed by atoms with E-state index in [4.69, 9.17) is 28.3 Å². The number of nitrogens with one attached hydrogen (secondary N) is 1. The Labute approximate surface area is 77.3 Å². The van der Waals surface area contributed by atoms with Crippen LogP contribution >= 0.6 is 23.2 Å². The van der Waals surface area contributed by atoms with Gasteiger partial charge in [-0.15, -0.1) is 0 Å². The maximum Gasteiger partial charge on any atom is 0.411 e. The van der Waals surface area contributed by atoms with Gasteiger partial charge in [-0.05, 0) is 0 Å². The first-order valence-electron chi connectivity index (χ1n) is 2.78. The molecule has 0 aromatic carbocycles. The van der Waals surface area contributed by atoms with Crippen molar-refractivity contribution in [2.75, 3.05) is 5.32 Å². The van der Waals surface area contributed by atoms with Crippen molar-refractivity contribution in [2.24, 2.45) is 0 Å². The smallest absolute Gasteiger partial charge is 0.411 e. The predicted octanol–water partition coefficient (Wildman–Crippen LogP) is 1.87. The van der Waals surface area contributed by atoms with Gasteiger partial charge in [0.05, 0.1) is 0 Å². The van der Waals surface area contributed by atoms with Crippen LogP contribution in [0.1, 0.15) is 0 Å². The van der Waals surface area contributed by atoms with Gasteiger partial charge in [-0.2, -0.15) is 0 Å². The van der Waals surface area contributed by atoms with Crippen LogP contribution in [0.15, 0.2) is 6.07 Å². The molecule has 0 aliphatic heterocycles. The second kappa shape index (κ2) is 3.55. The van der Waals surface area contributed by atoms with Crippen molar-refractivity contribution >= 4 is 35.2 Å². The van der Waals surface area contributed by atoms with E-state index in [-0.39, 0.29) is 16.3 Å². The molecule has 7 heteroatoms. The van der Waals surface area contributed by atoms with E-state index in [2.05, 4.69) is 9.97 Å². The Kier molecular flexibility index (Phi) is 2.67. The van der Waals surface area contributed by atoms with Crippen LogP contribution in [-0.2, 0) is 0 Å². The number of hydrogen-bond donors (Lipinski definition) is 2. The largest absolute Gasteiger partial charge is 0.465 e. The highest BCUT2D eigenvalue weighted by Gasteiger charge is 2.03. The number of rotatable bonds is 1. The highest BCUT2D eigenvalue weighted by atomic mass is 35.5. The molecule has 5 nitrogen and oxygen atoms in total. The molecule has 1 aromatic heterocycles. The lowest BCUT2D eigenvalue weighted by Gasteiger charge is -1.98. The maximum absolute atomic E-state index is 10.1. The molecule has 1 rings (SSSR count). The Morgan fingerprint density at radius 1 is 1.42 bits per heavy atom. The summed E-state index contributed by atoms with van der Waals surface area (Å²) in [7, 11) is 0. The van der Waals surface area contributed by atoms with Crippen LogP contribution in [-0.4, -0.2) is 21.2 Å². The molecule has 0 saturated carbocycles. The number of halogens is 2. The summed E-state index contributed by atoms with van der Waals surface area (Å²) >= 11 is 10.9. The van der Waals surface area contributed by atoms with E-state index in [0.29, 0.717) is 0 Å². The topological polar surface area (TPSA) is 75.1 Å². The summed E-state index contributed by atoms with van der Waals surface area (Å²) < 4.78 is 0. The second-order valence-corrected chi connectivity index (χ2v) is 2.54. The molecular weight excluding hydrogens is 205 g/mol. The number of carboxylic acid groups (broad SMARTS) is 1. The van der Waals surface area contributed by atoms with Crippen molar-refractivity contribution < 1.29 is 9.90 Å². The zero-order valence-electron chi connectivity index (χ0n) is 5.58. The third-order valence-corrected chi connectivity index (χ3v) is 1.27. The summed E-state index contributed by atoms with van der Waals surface area (Å²) in [6.45, 7) is 0. The minimum atomic E-state index is -1.27. The summed E-state index contributed by atoms with van der Waals surface area (Å²) in [4.78, 5) is 17.2. The third kappa shape index (κ3) is 2.52. The van der Waals surface area contributed by atoms with Gasteiger partial charge in [-0.3, -0.25) is 5.32 Å². The van der Waals surface area contributed by atoms with Crippen molar-refractivity contribution in [1.29, 1.82) is 0 Å². The van der Waals surface area contributed by atoms with Gasteiger partial charge in [-0.25, -0.2) is 14.8 Å². The summed E-state index contributed by atoms with van der Waals surface area (Å²) in [5.41, 5.74) is 0. The van der Waals surface area contributed by atoms with E-state index in [0.717, 1.165) is 0 Å². The molecule has 1 heterocycles. The van der Waals surface area contributed by atoms with Crippen LogP contribution in [0.2, 0.25) is 10.3 Å². The number of anilines is 1. The summed E-state index contributed by atoms with van der Waals surface area (Å²) in [5.74, 6) is -0.139. The Bertz CT molecular complexity index is 297. The van der Waals surface area contributed by atoms with Crippen LogP contribution < -0.4 is 5.32 Å². The van der Waals surface area contributed by atoms with Crippen LogP contribution in [0, 0.1) is 0 Å². The van der Waals surface area contributed by atoms with Crippen LogP contribution in [0.25, 0.3) is 0 Å². The van der Waals surface area contributed by atoms with Gasteiger partial charge in [0.2, 0.25) is 5.95 Å². The van der Waals surface area contributed by atoms with Crippen molar-refractivity contribution in [3.05, 3.63) is 16.4 Å². The first-order valence-corrected chi connectivity index (χ1v) is 3.53. The molecule has 0 unspecified atom stereocenters. The Balaban J connectivity index is 2.93. The minimum absolute atomic E-state index is 0.0822. The average Bonchev–Trinajstić information content (AvgIpc) is 1.81. The molecule has 0 aliphatic rings. The molecule has 0 spiro atoms. The van der Waals surface area contributed by atoms with Crippen molar-refractivity contribution in [2.45, 2.75) is 0 Å². The Morgan fingerprint density at radius 3 is 2.33 bits per heavy atom. The highest BCUT2D eigenvalue weighted by molar-refractivity contribution is 6.33. The fourth-order valence-corrected chi connectivity index (χ4v) is 0.964. The monoisotopic (exact) mass is 207 g/mol. The molecule has 0 fully saturated rings. The molecule has 0 saturated heterocycles. The van der Waals surface area contributed by atoms with E-state index >= 15 is 0 Å². The molecule has 0 radical (unpaired) electrons. The number of hydrogen-bond acceptors (Lipinski definition) is 3. The second-order valence-electron chi connectivity index (χ2n) is 1.77. The summed E-state index contributed by atoms with van der Waals surface area (Å²) in [6.07, 6.45) is -1.27. The summed E-state index contributed by atoms with van der Waals surface area (Å²) in [6, 6.07) is 1.30. The van der Waals surface area contributed by atoms with Gasteiger partial charge in [0, 0.05) is 6.07 Å². The van der Waals surface area contributed by atoms with Crippen LogP contribution in [0.4, 0.5) is 10.7 Å². The Morgan fingerprint density at radius 2 is 1.92 bits per heavy atom. The lowest BCUT2D eigenvalue weighted by Crippen LogP contribution is -2.10. The molecule has 12 heavy (non-hydrogen) atoms. The van der Waals surface area contributed by atoms with Gasteiger partial charge in [0.25, 0.3) is 0 Å². The quantitative estimate of drug-likeness (QED) is 0.690. The van der Waals surface area contributed by atoms with Crippen molar-refractivity contribution in [3.8, 4) is 0 Å². The zero-order chi connectivity index (χ0) is 9.14. The molecule has 64 valence electrons. The van der Waals surface area contributed by atoms with Gasteiger partial charge in [0.15, 0.2) is 0 Å². The van der Waals surface area contributed by atoms with E-state index in [1.807, 2.05) is 5.32 Å². The third-order valence-electron chi connectivity index (χ3n) is 0.882. The zero-order valence-corrected chi connectivity index (χ0v) is 7.10. The number of carbonyl (C=O) groups is 1. The van der Waals surface area contributed by atoms with Gasteiger partial charge in [-0.1, -0.05) is 23.2 Å². The van der Waals surface area contributed by atoms with Gasteiger partial charge in [0.1, 0.15) is 10.3 Å². The number of amides is 1. The first kappa shape index (κ1) is 9.02. The molecule has 1 amide bonds.